The van der Waals surface area contributed by atoms with Gasteiger partial charge >= 0.3 is 0 Å². The Labute approximate surface area is 86.8 Å². The Morgan fingerprint density at radius 3 is 3.07 bits per heavy atom. The van der Waals surface area contributed by atoms with Crippen LogP contribution in [0.25, 0.3) is 0 Å². The number of anilines is 1. The second-order valence-electron chi connectivity index (χ2n) is 3.01. The van der Waals surface area contributed by atoms with Gasteiger partial charge in [-0.1, -0.05) is 5.16 Å². The lowest BCUT2D eigenvalue weighted by molar-refractivity contribution is 0.377. The Morgan fingerprint density at radius 1 is 1.47 bits per heavy atom. The number of nitrogens with zero attached hydrogens (tertiary/aromatic N) is 4. The number of hydrogen-bond donors (Lipinski definition) is 1. The van der Waals surface area contributed by atoms with Crippen molar-refractivity contribution in [2.45, 2.75) is 13.3 Å². The molecule has 2 heterocycles. The van der Waals surface area contributed by atoms with E-state index >= 15 is 0 Å². The molecule has 0 unspecified atom stereocenters. The van der Waals surface area contributed by atoms with Gasteiger partial charge in [0.1, 0.15) is 12.1 Å². The van der Waals surface area contributed by atoms with Crippen molar-refractivity contribution in [2.75, 3.05) is 11.9 Å². The molecule has 0 spiro atoms. The summed E-state index contributed by atoms with van der Waals surface area (Å²) in [6.07, 6.45) is 3.87. The molecule has 78 valence electrons. The third-order valence-electron chi connectivity index (χ3n) is 1.80. The quantitative estimate of drug-likeness (QED) is 0.796. The Balaban J connectivity index is 1.80. The summed E-state index contributed by atoms with van der Waals surface area (Å²) in [5, 5.41) is 6.83. The molecule has 2 aromatic rings. The van der Waals surface area contributed by atoms with Gasteiger partial charge in [-0.2, -0.15) is 4.98 Å². The van der Waals surface area contributed by atoms with Crippen LogP contribution < -0.4 is 5.32 Å². The largest absolute Gasteiger partial charge is 0.369 e. The second kappa shape index (κ2) is 4.50. The van der Waals surface area contributed by atoms with E-state index in [-0.39, 0.29) is 0 Å². The zero-order valence-corrected chi connectivity index (χ0v) is 8.34. The molecule has 0 amide bonds. The summed E-state index contributed by atoms with van der Waals surface area (Å²) in [6.45, 7) is 2.50. The van der Waals surface area contributed by atoms with Gasteiger partial charge in [-0.25, -0.2) is 9.97 Å². The van der Waals surface area contributed by atoms with E-state index in [4.69, 9.17) is 4.52 Å². The van der Waals surface area contributed by atoms with E-state index < -0.39 is 0 Å². The van der Waals surface area contributed by atoms with E-state index in [1.807, 2.05) is 0 Å². The highest BCUT2D eigenvalue weighted by molar-refractivity contribution is 5.31. The average Bonchev–Trinajstić information content (AvgIpc) is 2.66. The fraction of sp³-hybridized carbons (Fsp3) is 0.333. The molecule has 0 saturated carbocycles. The van der Waals surface area contributed by atoms with Gasteiger partial charge in [0.25, 0.3) is 0 Å². The normalized spacial score (nSPS) is 10.2. The fourth-order valence-electron chi connectivity index (χ4n) is 1.13. The molecule has 0 fully saturated rings. The zero-order valence-electron chi connectivity index (χ0n) is 8.34. The lowest BCUT2D eigenvalue weighted by Gasteiger charge is -2.01. The maximum atomic E-state index is 4.97. The van der Waals surface area contributed by atoms with E-state index in [0.717, 1.165) is 5.82 Å². The maximum absolute atomic E-state index is 4.97. The molecule has 0 bridgehead atoms. The van der Waals surface area contributed by atoms with Crippen molar-refractivity contribution in [1.82, 2.24) is 20.1 Å². The minimum absolute atomic E-state index is 0.633. The van der Waals surface area contributed by atoms with Crippen molar-refractivity contribution in [2.24, 2.45) is 0 Å². The molecule has 0 aliphatic heterocycles. The minimum atomic E-state index is 0.633. The lowest BCUT2D eigenvalue weighted by atomic mass is 10.4. The van der Waals surface area contributed by atoms with Crippen molar-refractivity contribution in [3.8, 4) is 0 Å². The molecule has 0 radical (unpaired) electrons. The first kappa shape index (κ1) is 9.57. The molecule has 2 rings (SSSR count). The van der Waals surface area contributed by atoms with Crippen LogP contribution in [0.1, 0.15) is 11.7 Å². The summed E-state index contributed by atoms with van der Waals surface area (Å²) in [5.41, 5.74) is 0. The van der Waals surface area contributed by atoms with Gasteiger partial charge in [0.05, 0.1) is 0 Å². The molecule has 0 aliphatic carbocycles. The van der Waals surface area contributed by atoms with E-state index in [1.165, 1.54) is 6.33 Å². The van der Waals surface area contributed by atoms with Crippen LogP contribution in [-0.4, -0.2) is 26.7 Å². The van der Waals surface area contributed by atoms with E-state index in [1.54, 1.807) is 19.2 Å². The van der Waals surface area contributed by atoms with Crippen LogP contribution in [0.3, 0.4) is 0 Å². The number of hydrogen-bond acceptors (Lipinski definition) is 6. The summed E-state index contributed by atoms with van der Waals surface area (Å²) < 4.78 is 4.97. The van der Waals surface area contributed by atoms with Crippen molar-refractivity contribution < 1.29 is 4.52 Å². The van der Waals surface area contributed by atoms with Crippen LogP contribution in [0.4, 0.5) is 5.82 Å². The van der Waals surface area contributed by atoms with Crippen LogP contribution >= 0.6 is 0 Å². The molecular weight excluding hydrogens is 194 g/mol. The summed E-state index contributed by atoms with van der Waals surface area (Å²) in [7, 11) is 0. The Kier molecular flexibility index (Phi) is 2.87. The number of rotatable bonds is 4. The first-order valence-electron chi connectivity index (χ1n) is 4.63. The lowest BCUT2D eigenvalue weighted by Crippen LogP contribution is -2.06. The van der Waals surface area contributed by atoms with Crippen LogP contribution in [-0.2, 0) is 6.42 Å². The van der Waals surface area contributed by atoms with Gasteiger partial charge in [-0.3, -0.25) is 0 Å². The molecule has 6 heteroatoms. The predicted octanol–water partition coefficient (Wildman–Crippen LogP) is 0.823. The van der Waals surface area contributed by atoms with Crippen LogP contribution in [0, 0.1) is 6.92 Å². The number of nitrogens with one attached hydrogen (secondary N) is 1. The monoisotopic (exact) mass is 205 g/mol. The van der Waals surface area contributed by atoms with Gasteiger partial charge in [-0.15, -0.1) is 0 Å². The van der Waals surface area contributed by atoms with E-state index in [0.29, 0.717) is 24.7 Å². The number of aryl methyl sites for hydroxylation is 1. The molecule has 0 atom stereocenters. The van der Waals surface area contributed by atoms with Crippen LogP contribution in [0.15, 0.2) is 23.1 Å². The molecule has 2 aromatic heterocycles. The first-order chi connectivity index (χ1) is 7.34. The Hall–Kier alpha value is -1.98. The van der Waals surface area contributed by atoms with Crippen molar-refractivity contribution >= 4 is 5.82 Å². The summed E-state index contributed by atoms with van der Waals surface area (Å²) in [6, 6.07) is 1.80. The minimum Gasteiger partial charge on any atom is -0.369 e. The van der Waals surface area contributed by atoms with Crippen molar-refractivity contribution in [1.29, 1.82) is 0 Å². The second-order valence-corrected chi connectivity index (χ2v) is 3.01. The highest BCUT2D eigenvalue weighted by Gasteiger charge is 2.01. The molecule has 6 nitrogen and oxygen atoms in total. The summed E-state index contributed by atoms with van der Waals surface area (Å²) >= 11 is 0. The topological polar surface area (TPSA) is 76.7 Å². The smallest absolute Gasteiger partial charge is 0.228 e. The predicted molar refractivity (Wildman–Crippen MR) is 53.3 cm³/mol. The van der Waals surface area contributed by atoms with Gasteiger partial charge in [-0.05, 0) is 13.0 Å². The van der Waals surface area contributed by atoms with Gasteiger partial charge in [0, 0.05) is 19.2 Å². The van der Waals surface area contributed by atoms with Gasteiger partial charge < -0.3 is 9.84 Å². The molecule has 15 heavy (non-hydrogen) atoms. The Morgan fingerprint density at radius 2 is 2.40 bits per heavy atom. The van der Waals surface area contributed by atoms with Crippen molar-refractivity contribution in [3.63, 3.8) is 0 Å². The Bertz CT molecular complexity index is 413. The van der Waals surface area contributed by atoms with E-state index in [9.17, 15) is 0 Å². The van der Waals surface area contributed by atoms with Crippen LogP contribution in [0.5, 0.6) is 0 Å². The average molecular weight is 205 g/mol. The molecular formula is C9H11N5O. The van der Waals surface area contributed by atoms with Crippen molar-refractivity contribution in [3.05, 3.63) is 30.3 Å². The zero-order chi connectivity index (χ0) is 10.5. The first-order valence-corrected chi connectivity index (χ1v) is 4.63. The highest BCUT2D eigenvalue weighted by Crippen LogP contribution is 2.00. The van der Waals surface area contributed by atoms with E-state index in [2.05, 4.69) is 25.4 Å². The molecule has 0 aliphatic rings. The highest BCUT2D eigenvalue weighted by atomic mass is 16.5. The molecule has 0 saturated heterocycles. The molecule has 1 N–H and O–H groups in total. The maximum Gasteiger partial charge on any atom is 0.228 e. The SMILES string of the molecule is Cc1noc(CCNc2ccncn2)n1. The number of aromatic nitrogens is 4. The van der Waals surface area contributed by atoms with Gasteiger partial charge in [0.15, 0.2) is 5.82 Å². The third kappa shape index (κ3) is 2.73. The standard InChI is InChI=1S/C9H11N5O/c1-7-13-9(15-14-7)3-5-11-8-2-4-10-6-12-8/h2,4,6H,3,5H2,1H3,(H,10,11,12). The fourth-order valence-corrected chi connectivity index (χ4v) is 1.13. The van der Waals surface area contributed by atoms with Crippen LogP contribution in [0.2, 0.25) is 0 Å². The summed E-state index contributed by atoms with van der Waals surface area (Å²) in [5.74, 6) is 2.09. The third-order valence-corrected chi connectivity index (χ3v) is 1.80. The van der Waals surface area contributed by atoms with Gasteiger partial charge in [0.2, 0.25) is 5.89 Å². The molecule has 0 aromatic carbocycles. The summed E-state index contributed by atoms with van der Waals surface area (Å²) in [4.78, 5) is 11.9.